The van der Waals surface area contributed by atoms with Crippen LogP contribution in [0.25, 0.3) is 10.8 Å². The maximum Gasteiger partial charge on any atom is 0.126 e. The topological polar surface area (TPSA) is 9.23 Å². The lowest BCUT2D eigenvalue weighted by atomic mass is 10.1. The quantitative estimate of drug-likeness (QED) is 0.473. The monoisotopic (exact) mass is 334 g/mol. The van der Waals surface area contributed by atoms with E-state index in [4.69, 9.17) is 4.74 Å². The Hall–Kier alpha value is -2.06. The van der Waals surface area contributed by atoms with E-state index in [2.05, 4.69) is 81.1 Å². The minimum atomic E-state index is -1.73. The lowest BCUT2D eigenvalue weighted by Crippen LogP contribution is -2.50. The Morgan fingerprint density at radius 1 is 1.04 bits per heavy atom. The molecule has 1 aliphatic carbocycles. The normalized spacial score (nSPS) is 14.4. The molecule has 0 atom stereocenters. The fraction of sp³-hybridized carbons (Fsp3) is 0.273. The van der Waals surface area contributed by atoms with Gasteiger partial charge in [0.05, 0.1) is 0 Å². The van der Waals surface area contributed by atoms with Crippen LogP contribution in [0.1, 0.15) is 13.8 Å². The van der Waals surface area contributed by atoms with Crippen molar-refractivity contribution in [2.24, 2.45) is 0 Å². The maximum absolute atomic E-state index is 6.24. The van der Waals surface area contributed by atoms with E-state index >= 15 is 0 Å². The van der Waals surface area contributed by atoms with Crippen LogP contribution in [0.15, 0.2) is 73.4 Å². The van der Waals surface area contributed by atoms with Crippen molar-refractivity contribution in [3.63, 3.8) is 0 Å². The first-order valence-corrected chi connectivity index (χ1v) is 11.4. The van der Waals surface area contributed by atoms with Gasteiger partial charge in [0.2, 0.25) is 0 Å². The molecule has 0 spiro atoms. The fourth-order valence-electron chi connectivity index (χ4n) is 4.01. The number of benzene rings is 2. The fourth-order valence-corrected chi connectivity index (χ4v) is 8.61. The molecule has 0 unspecified atom stereocenters. The average molecular weight is 335 g/mol. The summed E-state index contributed by atoms with van der Waals surface area (Å²) in [4.78, 5) is 0. The molecular formula is C22H26OSi. The van der Waals surface area contributed by atoms with Crippen LogP contribution in [0.4, 0.5) is 0 Å². The van der Waals surface area contributed by atoms with Crippen molar-refractivity contribution in [3.05, 3.63) is 73.4 Å². The van der Waals surface area contributed by atoms with E-state index in [1.54, 1.807) is 0 Å². The number of hydrogen-bond donors (Lipinski definition) is 0. The number of allylic oxidation sites excluding steroid dienone is 4. The third-order valence-corrected chi connectivity index (χ3v) is 11.1. The van der Waals surface area contributed by atoms with Crippen LogP contribution in [-0.2, 0) is 0 Å². The summed E-state index contributed by atoms with van der Waals surface area (Å²) in [6.07, 6.45) is 11.0. The van der Waals surface area contributed by atoms with Gasteiger partial charge in [0, 0.05) is 5.39 Å². The van der Waals surface area contributed by atoms with Crippen molar-refractivity contribution in [3.8, 4) is 5.75 Å². The van der Waals surface area contributed by atoms with Crippen LogP contribution < -0.4 is 9.92 Å². The van der Waals surface area contributed by atoms with E-state index < -0.39 is 8.07 Å². The summed E-state index contributed by atoms with van der Waals surface area (Å²) in [7, 11) is -1.73. The summed E-state index contributed by atoms with van der Waals surface area (Å²) < 4.78 is 6.24. The average Bonchev–Trinajstić information content (AvgIpc) is 3.17. The molecule has 1 aliphatic rings. The Labute approximate surface area is 146 Å². The zero-order valence-electron chi connectivity index (χ0n) is 14.7. The van der Waals surface area contributed by atoms with Crippen molar-refractivity contribution >= 4 is 24.0 Å². The molecule has 0 saturated carbocycles. The molecule has 3 rings (SSSR count). The van der Waals surface area contributed by atoms with Crippen LogP contribution in [0, 0.1) is 0 Å². The molecule has 0 N–H and O–H groups in total. The molecule has 0 amide bonds. The summed E-state index contributed by atoms with van der Waals surface area (Å²) in [6, 6.07) is 15.6. The Morgan fingerprint density at radius 2 is 1.75 bits per heavy atom. The van der Waals surface area contributed by atoms with Crippen molar-refractivity contribution < 1.29 is 4.74 Å². The molecule has 124 valence electrons. The van der Waals surface area contributed by atoms with Gasteiger partial charge in [-0.05, 0) is 16.1 Å². The Balaban J connectivity index is 2.24. The number of ether oxygens (including phenoxy) is 1. The van der Waals surface area contributed by atoms with E-state index in [0.717, 1.165) is 5.75 Å². The van der Waals surface area contributed by atoms with Crippen molar-refractivity contribution in [1.82, 2.24) is 0 Å². The van der Waals surface area contributed by atoms with E-state index in [1.807, 2.05) is 6.08 Å². The van der Waals surface area contributed by atoms with Crippen LogP contribution in [0.3, 0.4) is 0 Å². The van der Waals surface area contributed by atoms with Crippen molar-refractivity contribution in [2.75, 3.05) is 6.61 Å². The summed E-state index contributed by atoms with van der Waals surface area (Å²) in [5.41, 5.74) is 0.555. The molecule has 2 aromatic rings. The summed E-state index contributed by atoms with van der Waals surface area (Å²) in [5.74, 6) is 1.08. The second kappa shape index (κ2) is 7.23. The standard InChI is InChI=1S/C22H26OSi/c1-4-17-23-22-20-14-10-7-11-18(20)15-16-21(22)24(5-2,6-3)19-12-8-9-13-19/h4,7-16,19H,1,5-6,17H2,2-3H3. The zero-order valence-corrected chi connectivity index (χ0v) is 15.7. The third kappa shape index (κ3) is 2.76. The lowest BCUT2D eigenvalue weighted by Gasteiger charge is -2.36. The van der Waals surface area contributed by atoms with Gasteiger partial charge < -0.3 is 4.74 Å². The number of hydrogen-bond acceptors (Lipinski definition) is 1. The Morgan fingerprint density at radius 3 is 2.42 bits per heavy atom. The molecule has 0 saturated heterocycles. The smallest absolute Gasteiger partial charge is 0.126 e. The molecule has 0 aromatic heterocycles. The van der Waals surface area contributed by atoms with Crippen LogP contribution in [0.2, 0.25) is 17.6 Å². The summed E-state index contributed by atoms with van der Waals surface area (Å²) in [5, 5.41) is 3.92. The van der Waals surface area contributed by atoms with Gasteiger partial charge in [-0.1, -0.05) is 99.3 Å². The third-order valence-electron chi connectivity index (χ3n) is 5.41. The van der Waals surface area contributed by atoms with Crippen molar-refractivity contribution in [2.45, 2.75) is 31.5 Å². The second-order valence-corrected chi connectivity index (χ2v) is 11.4. The highest BCUT2D eigenvalue weighted by Crippen LogP contribution is 2.38. The predicted molar refractivity (Wildman–Crippen MR) is 108 cm³/mol. The maximum atomic E-state index is 6.24. The number of fused-ring (bicyclic) bond motifs is 1. The van der Waals surface area contributed by atoms with Gasteiger partial charge in [0.1, 0.15) is 20.4 Å². The van der Waals surface area contributed by atoms with Gasteiger partial charge in [0.25, 0.3) is 0 Å². The van der Waals surface area contributed by atoms with Gasteiger partial charge in [-0.25, -0.2) is 0 Å². The highest BCUT2D eigenvalue weighted by atomic mass is 28.3. The molecule has 2 aromatic carbocycles. The molecule has 1 nitrogen and oxygen atoms in total. The molecule has 24 heavy (non-hydrogen) atoms. The van der Waals surface area contributed by atoms with Gasteiger partial charge in [-0.15, -0.1) is 0 Å². The highest BCUT2D eigenvalue weighted by molar-refractivity contribution is 6.94. The van der Waals surface area contributed by atoms with E-state index in [1.165, 1.54) is 28.0 Å². The van der Waals surface area contributed by atoms with Crippen LogP contribution >= 0.6 is 0 Å². The molecule has 0 aliphatic heterocycles. The SMILES string of the molecule is C=CCOc1c([Si](CC)(CC)C2C=CC=C2)ccc2ccccc12. The Bertz CT molecular complexity index is 772. The largest absolute Gasteiger partial charge is 0.489 e. The Kier molecular flexibility index (Phi) is 5.05. The number of rotatable bonds is 7. The zero-order chi connectivity index (χ0) is 17.0. The van der Waals surface area contributed by atoms with Gasteiger partial charge in [-0.3, -0.25) is 0 Å². The first-order chi connectivity index (χ1) is 11.8. The first-order valence-electron chi connectivity index (χ1n) is 8.87. The molecule has 2 heteroatoms. The van der Waals surface area contributed by atoms with Gasteiger partial charge >= 0.3 is 0 Å². The predicted octanol–water partition coefficient (Wildman–Crippen LogP) is 5.60. The van der Waals surface area contributed by atoms with E-state index in [-0.39, 0.29) is 0 Å². The molecular weight excluding hydrogens is 308 g/mol. The van der Waals surface area contributed by atoms with Gasteiger partial charge in [-0.2, -0.15) is 0 Å². The highest BCUT2D eigenvalue weighted by Gasteiger charge is 2.40. The summed E-state index contributed by atoms with van der Waals surface area (Å²) in [6.45, 7) is 9.08. The molecule has 0 radical (unpaired) electrons. The van der Waals surface area contributed by atoms with E-state index in [9.17, 15) is 0 Å². The summed E-state index contributed by atoms with van der Waals surface area (Å²) >= 11 is 0. The molecule has 0 bridgehead atoms. The second-order valence-electron chi connectivity index (χ2n) is 6.42. The van der Waals surface area contributed by atoms with Crippen LogP contribution in [-0.4, -0.2) is 14.7 Å². The lowest BCUT2D eigenvalue weighted by molar-refractivity contribution is 0.370. The van der Waals surface area contributed by atoms with E-state index in [0.29, 0.717) is 12.1 Å². The molecule has 0 heterocycles. The minimum absolute atomic E-state index is 0.551. The van der Waals surface area contributed by atoms with Crippen LogP contribution in [0.5, 0.6) is 5.75 Å². The molecule has 0 fully saturated rings. The van der Waals surface area contributed by atoms with Gasteiger partial charge in [0.15, 0.2) is 0 Å². The van der Waals surface area contributed by atoms with Crippen molar-refractivity contribution in [1.29, 1.82) is 0 Å². The minimum Gasteiger partial charge on any atom is -0.489 e. The first kappa shape index (κ1) is 16.8.